The molecule has 0 unspecified atom stereocenters. The van der Waals surface area contributed by atoms with Crippen molar-refractivity contribution in [3.63, 3.8) is 0 Å². The molecule has 126 valence electrons. The van der Waals surface area contributed by atoms with Crippen LogP contribution in [-0.2, 0) is 0 Å². The molecule has 1 saturated heterocycles. The van der Waals surface area contributed by atoms with Crippen LogP contribution in [0, 0.1) is 13.8 Å². The number of hydrogen-bond donors (Lipinski definition) is 2. The smallest absolute Gasteiger partial charge is 0.255 e. The number of aliphatic hydroxyl groups is 1. The zero-order valence-corrected chi connectivity index (χ0v) is 14.2. The van der Waals surface area contributed by atoms with Crippen LogP contribution < -0.4 is 10.2 Å². The van der Waals surface area contributed by atoms with Gasteiger partial charge in [-0.3, -0.25) is 4.79 Å². The summed E-state index contributed by atoms with van der Waals surface area (Å²) in [4.78, 5) is 14.7. The summed E-state index contributed by atoms with van der Waals surface area (Å²) in [5.41, 5.74) is 4.78. The summed E-state index contributed by atoms with van der Waals surface area (Å²) in [7, 11) is 0. The van der Waals surface area contributed by atoms with Gasteiger partial charge < -0.3 is 15.3 Å². The van der Waals surface area contributed by atoms with Crippen molar-refractivity contribution in [1.82, 2.24) is 0 Å². The quantitative estimate of drug-likeness (QED) is 0.908. The van der Waals surface area contributed by atoms with Crippen molar-refractivity contribution >= 4 is 17.3 Å². The highest BCUT2D eigenvalue weighted by Gasteiger charge is 2.17. The first kappa shape index (κ1) is 16.5. The molecule has 2 aromatic rings. The van der Waals surface area contributed by atoms with Crippen molar-refractivity contribution < 1.29 is 9.90 Å². The average Bonchev–Trinajstić information content (AvgIpc) is 2.59. The zero-order chi connectivity index (χ0) is 17.1. The van der Waals surface area contributed by atoms with E-state index in [2.05, 4.69) is 10.2 Å². The summed E-state index contributed by atoms with van der Waals surface area (Å²) in [6, 6.07) is 13.7. The minimum absolute atomic E-state index is 0.0932. The fourth-order valence-electron chi connectivity index (χ4n) is 3.01. The molecule has 0 spiro atoms. The lowest BCUT2D eigenvalue weighted by molar-refractivity contribution is 0.102. The third kappa shape index (κ3) is 3.77. The molecule has 0 saturated carbocycles. The molecule has 0 bridgehead atoms. The van der Waals surface area contributed by atoms with E-state index in [1.807, 2.05) is 56.3 Å². The molecule has 1 amide bonds. The first-order chi connectivity index (χ1) is 11.5. The van der Waals surface area contributed by atoms with E-state index in [-0.39, 0.29) is 12.0 Å². The Morgan fingerprint density at radius 1 is 1.08 bits per heavy atom. The fraction of sp³-hybridized carbons (Fsp3) is 0.350. The Bertz CT molecular complexity index is 717. The van der Waals surface area contributed by atoms with Crippen LogP contribution in [0.5, 0.6) is 0 Å². The first-order valence-corrected chi connectivity index (χ1v) is 8.44. The van der Waals surface area contributed by atoms with Gasteiger partial charge in [0, 0.05) is 30.0 Å². The van der Waals surface area contributed by atoms with E-state index < -0.39 is 0 Å². The predicted molar refractivity (Wildman–Crippen MR) is 97.8 cm³/mol. The highest BCUT2D eigenvalue weighted by Crippen LogP contribution is 2.22. The van der Waals surface area contributed by atoms with E-state index in [1.165, 1.54) is 0 Å². The number of aryl methyl sites for hydroxylation is 2. The van der Waals surface area contributed by atoms with E-state index in [9.17, 15) is 9.90 Å². The molecule has 0 radical (unpaired) electrons. The molecule has 1 fully saturated rings. The van der Waals surface area contributed by atoms with Crippen LogP contribution >= 0.6 is 0 Å². The lowest BCUT2D eigenvalue weighted by Gasteiger charge is -2.31. The number of aliphatic hydroxyl groups excluding tert-OH is 1. The Hall–Kier alpha value is -2.33. The standard InChI is InChI=1S/C20H24N2O2/c1-14-3-4-15(2)19(13-14)21-20(24)16-5-7-17(8-6-16)22-11-9-18(23)10-12-22/h3-8,13,18,23H,9-12H2,1-2H3,(H,21,24). The van der Waals surface area contributed by atoms with Gasteiger partial charge in [-0.15, -0.1) is 0 Å². The molecule has 2 N–H and O–H groups in total. The maximum atomic E-state index is 12.5. The monoisotopic (exact) mass is 324 g/mol. The van der Waals surface area contributed by atoms with E-state index in [0.29, 0.717) is 5.56 Å². The van der Waals surface area contributed by atoms with Gasteiger partial charge in [0.1, 0.15) is 0 Å². The van der Waals surface area contributed by atoms with Crippen molar-refractivity contribution in [2.75, 3.05) is 23.3 Å². The molecule has 0 atom stereocenters. The van der Waals surface area contributed by atoms with Crippen molar-refractivity contribution in [1.29, 1.82) is 0 Å². The van der Waals surface area contributed by atoms with Gasteiger partial charge in [0.15, 0.2) is 0 Å². The Kier molecular flexibility index (Phi) is 4.86. The number of anilines is 2. The van der Waals surface area contributed by atoms with Crippen molar-refractivity contribution in [2.24, 2.45) is 0 Å². The van der Waals surface area contributed by atoms with Crippen LogP contribution in [0.2, 0.25) is 0 Å². The third-order valence-electron chi connectivity index (χ3n) is 4.60. The van der Waals surface area contributed by atoms with E-state index in [0.717, 1.165) is 48.4 Å². The molecule has 24 heavy (non-hydrogen) atoms. The van der Waals surface area contributed by atoms with Gasteiger partial charge in [-0.25, -0.2) is 0 Å². The highest BCUT2D eigenvalue weighted by molar-refractivity contribution is 6.04. The molecular weight excluding hydrogens is 300 g/mol. The molecule has 4 heteroatoms. The summed E-state index contributed by atoms with van der Waals surface area (Å²) >= 11 is 0. The molecule has 0 aromatic heterocycles. The molecule has 2 aromatic carbocycles. The second kappa shape index (κ2) is 7.05. The number of carbonyl (C=O) groups excluding carboxylic acids is 1. The fourth-order valence-corrected chi connectivity index (χ4v) is 3.01. The van der Waals surface area contributed by atoms with Crippen LogP contribution in [-0.4, -0.2) is 30.2 Å². The minimum atomic E-state index is -0.177. The summed E-state index contributed by atoms with van der Waals surface area (Å²) < 4.78 is 0. The highest BCUT2D eigenvalue weighted by atomic mass is 16.3. The number of carbonyl (C=O) groups is 1. The number of hydrogen-bond acceptors (Lipinski definition) is 3. The average molecular weight is 324 g/mol. The largest absolute Gasteiger partial charge is 0.393 e. The van der Waals surface area contributed by atoms with Gasteiger partial charge in [-0.05, 0) is 68.1 Å². The summed E-state index contributed by atoms with van der Waals surface area (Å²) in [6.45, 7) is 5.72. The maximum absolute atomic E-state index is 12.5. The number of amides is 1. The van der Waals surface area contributed by atoms with Gasteiger partial charge in [0.2, 0.25) is 0 Å². The Balaban J connectivity index is 1.68. The number of nitrogens with zero attached hydrogens (tertiary/aromatic N) is 1. The van der Waals surface area contributed by atoms with Gasteiger partial charge in [0.25, 0.3) is 5.91 Å². The summed E-state index contributed by atoms with van der Waals surface area (Å²) in [6.07, 6.45) is 1.42. The molecular formula is C20H24N2O2. The van der Waals surface area contributed by atoms with Crippen molar-refractivity contribution in [3.05, 3.63) is 59.2 Å². The number of benzene rings is 2. The lowest BCUT2D eigenvalue weighted by atomic mass is 10.1. The summed E-state index contributed by atoms with van der Waals surface area (Å²) in [5.74, 6) is -0.0932. The first-order valence-electron chi connectivity index (χ1n) is 8.44. The molecule has 1 heterocycles. The number of piperidine rings is 1. The van der Waals surface area contributed by atoms with Crippen molar-refractivity contribution in [2.45, 2.75) is 32.8 Å². The SMILES string of the molecule is Cc1ccc(C)c(NC(=O)c2ccc(N3CCC(O)CC3)cc2)c1. The Morgan fingerprint density at radius 3 is 2.42 bits per heavy atom. The van der Waals surface area contributed by atoms with Crippen LogP contribution in [0.3, 0.4) is 0 Å². The van der Waals surface area contributed by atoms with Gasteiger partial charge in [-0.2, -0.15) is 0 Å². The second-order valence-electron chi connectivity index (χ2n) is 6.54. The van der Waals surface area contributed by atoms with Crippen molar-refractivity contribution in [3.8, 4) is 0 Å². The van der Waals surface area contributed by atoms with Gasteiger partial charge in [0.05, 0.1) is 6.10 Å². The topological polar surface area (TPSA) is 52.6 Å². The normalized spacial score (nSPS) is 15.4. The number of rotatable bonds is 3. The van der Waals surface area contributed by atoms with E-state index in [4.69, 9.17) is 0 Å². The minimum Gasteiger partial charge on any atom is -0.393 e. The predicted octanol–water partition coefficient (Wildman–Crippen LogP) is 3.52. The molecule has 0 aliphatic carbocycles. The van der Waals surface area contributed by atoms with Crippen LogP contribution in [0.25, 0.3) is 0 Å². The second-order valence-corrected chi connectivity index (χ2v) is 6.54. The Labute approximate surface area is 143 Å². The van der Waals surface area contributed by atoms with E-state index in [1.54, 1.807) is 0 Å². The van der Waals surface area contributed by atoms with Gasteiger partial charge >= 0.3 is 0 Å². The lowest BCUT2D eigenvalue weighted by Crippen LogP contribution is -2.35. The molecule has 4 nitrogen and oxygen atoms in total. The van der Waals surface area contributed by atoms with E-state index >= 15 is 0 Å². The molecule has 1 aliphatic rings. The third-order valence-corrected chi connectivity index (χ3v) is 4.60. The molecule has 3 rings (SSSR count). The molecule has 1 aliphatic heterocycles. The zero-order valence-electron chi connectivity index (χ0n) is 14.2. The maximum Gasteiger partial charge on any atom is 0.255 e. The Morgan fingerprint density at radius 2 is 1.75 bits per heavy atom. The number of nitrogens with one attached hydrogen (secondary N) is 1. The van der Waals surface area contributed by atoms with Crippen LogP contribution in [0.1, 0.15) is 34.3 Å². The van der Waals surface area contributed by atoms with Crippen LogP contribution in [0.15, 0.2) is 42.5 Å². The summed E-state index contributed by atoms with van der Waals surface area (Å²) in [5, 5.41) is 12.6. The van der Waals surface area contributed by atoms with Crippen LogP contribution in [0.4, 0.5) is 11.4 Å². The van der Waals surface area contributed by atoms with Gasteiger partial charge in [-0.1, -0.05) is 12.1 Å².